The maximum atomic E-state index is 12.7. The van der Waals surface area contributed by atoms with Crippen molar-refractivity contribution in [2.75, 3.05) is 32.8 Å². The van der Waals surface area contributed by atoms with Crippen LogP contribution >= 0.6 is 0 Å². The van der Waals surface area contributed by atoms with Gasteiger partial charge >= 0.3 is 0 Å². The first kappa shape index (κ1) is 15.9. The first-order valence-electron chi connectivity index (χ1n) is 8.24. The van der Waals surface area contributed by atoms with Gasteiger partial charge in [0, 0.05) is 30.8 Å². The number of ether oxygens (including phenoxy) is 1. The largest absolute Gasteiger partial charge is 0.379 e. The van der Waals surface area contributed by atoms with Crippen molar-refractivity contribution in [2.45, 2.75) is 13.3 Å². The summed E-state index contributed by atoms with van der Waals surface area (Å²) >= 11 is 0. The van der Waals surface area contributed by atoms with E-state index in [0.717, 1.165) is 56.0 Å². The molecule has 0 N–H and O–H groups in total. The Morgan fingerprint density at radius 2 is 1.78 bits per heavy atom. The van der Waals surface area contributed by atoms with E-state index in [9.17, 15) is 4.79 Å². The highest BCUT2D eigenvalue weighted by molar-refractivity contribution is 6.10. The van der Waals surface area contributed by atoms with Gasteiger partial charge in [-0.1, -0.05) is 48.5 Å². The van der Waals surface area contributed by atoms with Crippen LogP contribution in [0.3, 0.4) is 0 Å². The van der Waals surface area contributed by atoms with Crippen LogP contribution in [0.2, 0.25) is 0 Å². The Labute approximate surface area is 137 Å². The molecule has 1 fully saturated rings. The molecule has 23 heavy (non-hydrogen) atoms. The Hall–Kier alpha value is -1.97. The van der Waals surface area contributed by atoms with Gasteiger partial charge in [-0.25, -0.2) is 0 Å². The Morgan fingerprint density at radius 1 is 1.04 bits per heavy atom. The zero-order valence-electron chi connectivity index (χ0n) is 13.6. The predicted molar refractivity (Wildman–Crippen MR) is 92.0 cm³/mol. The van der Waals surface area contributed by atoms with Crippen LogP contribution in [0.5, 0.6) is 0 Å². The molecule has 3 heteroatoms. The van der Waals surface area contributed by atoms with Gasteiger partial charge in [-0.3, -0.25) is 9.69 Å². The molecule has 0 aliphatic carbocycles. The first-order chi connectivity index (χ1) is 11.3. The molecule has 3 nitrogen and oxygen atoms in total. The number of rotatable bonds is 5. The van der Waals surface area contributed by atoms with E-state index < -0.39 is 0 Å². The smallest absolute Gasteiger partial charge is 0.193 e. The minimum Gasteiger partial charge on any atom is -0.379 e. The van der Waals surface area contributed by atoms with Crippen molar-refractivity contribution >= 4 is 5.78 Å². The van der Waals surface area contributed by atoms with Crippen molar-refractivity contribution in [3.8, 4) is 0 Å². The van der Waals surface area contributed by atoms with Crippen LogP contribution < -0.4 is 0 Å². The molecule has 0 amide bonds. The van der Waals surface area contributed by atoms with Crippen molar-refractivity contribution in [3.05, 3.63) is 70.8 Å². The normalized spacial score (nSPS) is 15.5. The molecular formula is C20H23NO2. The van der Waals surface area contributed by atoms with Crippen LogP contribution in [-0.4, -0.2) is 43.5 Å². The van der Waals surface area contributed by atoms with Gasteiger partial charge in [0.25, 0.3) is 0 Å². The molecule has 3 rings (SSSR count). The van der Waals surface area contributed by atoms with E-state index in [-0.39, 0.29) is 5.78 Å². The van der Waals surface area contributed by atoms with E-state index in [2.05, 4.69) is 17.9 Å². The van der Waals surface area contributed by atoms with Gasteiger partial charge in [-0.05, 0) is 24.5 Å². The van der Waals surface area contributed by atoms with E-state index in [0.29, 0.717) is 0 Å². The lowest BCUT2D eigenvalue weighted by Gasteiger charge is -2.26. The lowest BCUT2D eigenvalue weighted by atomic mass is 9.94. The van der Waals surface area contributed by atoms with Gasteiger partial charge in [0.15, 0.2) is 5.78 Å². The number of carbonyl (C=O) groups is 1. The zero-order valence-corrected chi connectivity index (χ0v) is 13.6. The molecule has 1 aliphatic rings. The third-order valence-electron chi connectivity index (χ3n) is 4.53. The van der Waals surface area contributed by atoms with Gasteiger partial charge < -0.3 is 4.74 Å². The Kier molecular flexibility index (Phi) is 5.21. The number of ketones is 1. The summed E-state index contributed by atoms with van der Waals surface area (Å²) in [6, 6.07) is 15.6. The summed E-state index contributed by atoms with van der Waals surface area (Å²) in [5, 5.41) is 0. The molecule has 1 aliphatic heterocycles. The average Bonchev–Trinajstić information content (AvgIpc) is 2.62. The maximum Gasteiger partial charge on any atom is 0.193 e. The molecule has 0 aromatic heterocycles. The molecule has 0 unspecified atom stereocenters. The summed E-state index contributed by atoms with van der Waals surface area (Å²) in [5.74, 6) is 0.108. The van der Waals surface area contributed by atoms with Crippen molar-refractivity contribution in [1.82, 2.24) is 4.90 Å². The fourth-order valence-electron chi connectivity index (χ4n) is 3.05. The van der Waals surface area contributed by atoms with Crippen LogP contribution in [0, 0.1) is 6.92 Å². The number of hydrogen-bond acceptors (Lipinski definition) is 3. The summed E-state index contributed by atoms with van der Waals surface area (Å²) in [7, 11) is 0. The second kappa shape index (κ2) is 7.53. The van der Waals surface area contributed by atoms with E-state index in [1.165, 1.54) is 5.56 Å². The monoisotopic (exact) mass is 309 g/mol. The zero-order chi connectivity index (χ0) is 16.1. The average molecular weight is 309 g/mol. The SMILES string of the molecule is Cc1c(CCN2CCOCC2)cccc1C(=O)c1ccccc1. The molecule has 0 saturated carbocycles. The highest BCUT2D eigenvalue weighted by atomic mass is 16.5. The third kappa shape index (κ3) is 3.87. The molecular weight excluding hydrogens is 286 g/mol. The standard InChI is InChI=1S/C20H23NO2/c1-16-17(10-11-21-12-14-23-15-13-21)8-5-9-19(16)20(22)18-6-3-2-4-7-18/h2-9H,10-15H2,1H3. The number of benzene rings is 2. The predicted octanol–water partition coefficient (Wildman–Crippen LogP) is 3.10. The molecule has 120 valence electrons. The summed E-state index contributed by atoms with van der Waals surface area (Å²) < 4.78 is 5.39. The lowest BCUT2D eigenvalue weighted by Crippen LogP contribution is -2.37. The van der Waals surface area contributed by atoms with Crippen LogP contribution in [0.4, 0.5) is 0 Å². The second-order valence-corrected chi connectivity index (χ2v) is 5.99. The summed E-state index contributed by atoms with van der Waals surface area (Å²) in [6.45, 7) is 6.73. The number of carbonyl (C=O) groups excluding carboxylic acids is 1. The topological polar surface area (TPSA) is 29.5 Å². The summed E-state index contributed by atoms with van der Waals surface area (Å²) in [6.07, 6.45) is 0.974. The minimum atomic E-state index is 0.108. The van der Waals surface area contributed by atoms with Gasteiger partial charge in [-0.15, -0.1) is 0 Å². The van der Waals surface area contributed by atoms with Crippen LogP contribution in [-0.2, 0) is 11.2 Å². The van der Waals surface area contributed by atoms with Crippen LogP contribution in [0.25, 0.3) is 0 Å². The van der Waals surface area contributed by atoms with E-state index in [4.69, 9.17) is 4.74 Å². The molecule has 2 aromatic rings. The van der Waals surface area contributed by atoms with Crippen molar-refractivity contribution < 1.29 is 9.53 Å². The van der Waals surface area contributed by atoms with Crippen molar-refractivity contribution in [2.24, 2.45) is 0 Å². The fourth-order valence-corrected chi connectivity index (χ4v) is 3.05. The third-order valence-corrected chi connectivity index (χ3v) is 4.53. The quantitative estimate of drug-likeness (QED) is 0.795. The number of hydrogen-bond donors (Lipinski definition) is 0. The van der Waals surface area contributed by atoms with E-state index >= 15 is 0 Å². The molecule has 0 atom stereocenters. The van der Waals surface area contributed by atoms with E-state index in [1.54, 1.807) is 0 Å². The molecule has 1 saturated heterocycles. The number of morpholine rings is 1. The highest BCUT2D eigenvalue weighted by Gasteiger charge is 2.15. The maximum absolute atomic E-state index is 12.7. The second-order valence-electron chi connectivity index (χ2n) is 5.99. The summed E-state index contributed by atoms with van der Waals surface area (Å²) in [5.41, 5.74) is 3.93. The van der Waals surface area contributed by atoms with Gasteiger partial charge in [0.2, 0.25) is 0 Å². The van der Waals surface area contributed by atoms with Gasteiger partial charge in [0.1, 0.15) is 0 Å². The Morgan fingerprint density at radius 3 is 2.52 bits per heavy atom. The van der Waals surface area contributed by atoms with Crippen molar-refractivity contribution in [1.29, 1.82) is 0 Å². The molecule has 2 aromatic carbocycles. The summed E-state index contributed by atoms with van der Waals surface area (Å²) in [4.78, 5) is 15.1. The molecule has 0 spiro atoms. The molecule has 0 radical (unpaired) electrons. The minimum absolute atomic E-state index is 0.108. The molecule has 1 heterocycles. The van der Waals surface area contributed by atoms with Gasteiger partial charge in [-0.2, -0.15) is 0 Å². The Balaban J connectivity index is 1.74. The first-order valence-corrected chi connectivity index (χ1v) is 8.24. The highest BCUT2D eigenvalue weighted by Crippen LogP contribution is 2.19. The van der Waals surface area contributed by atoms with Crippen molar-refractivity contribution in [3.63, 3.8) is 0 Å². The van der Waals surface area contributed by atoms with Crippen LogP contribution in [0.15, 0.2) is 48.5 Å². The van der Waals surface area contributed by atoms with Gasteiger partial charge in [0.05, 0.1) is 13.2 Å². The fraction of sp³-hybridized carbons (Fsp3) is 0.350. The number of nitrogens with zero attached hydrogens (tertiary/aromatic N) is 1. The van der Waals surface area contributed by atoms with Crippen LogP contribution in [0.1, 0.15) is 27.0 Å². The lowest BCUT2D eigenvalue weighted by molar-refractivity contribution is 0.0384. The molecule has 0 bridgehead atoms. The van der Waals surface area contributed by atoms with E-state index in [1.807, 2.05) is 42.5 Å². The Bertz CT molecular complexity index is 661.